The highest BCUT2D eigenvalue weighted by Crippen LogP contribution is 2.35. The Bertz CT molecular complexity index is 403. The molecule has 0 aromatic heterocycles. The van der Waals surface area contributed by atoms with Crippen LogP contribution in [0.5, 0.6) is 0 Å². The van der Waals surface area contributed by atoms with E-state index in [1.165, 1.54) is 0 Å². The van der Waals surface area contributed by atoms with Gasteiger partial charge in [-0.05, 0) is 6.42 Å². The van der Waals surface area contributed by atoms with Crippen LogP contribution in [-0.4, -0.2) is 74.0 Å². The average molecular weight is 306 g/mol. The molecule has 0 radical (unpaired) electrons. The number of carboxylic acids is 1. The quantitative estimate of drug-likeness (QED) is 0.295. The molecule has 1 fully saturated rings. The lowest BCUT2D eigenvalue weighted by Crippen LogP contribution is -2.64. The molecule has 122 valence electrons. The fourth-order valence-corrected chi connectivity index (χ4v) is 2.69. The molecule has 0 unspecified atom stereocenters. The molecule has 0 spiro atoms. The maximum absolute atomic E-state index is 11.2. The molecule has 0 saturated heterocycles. The van der Waals surface area contributed by atoms with Crippen LogP contribution in [0.3, 0.4) is 0 Å². The number of hydrogen-bond acceptors (Lipinski definition) is 8. The number of carbonyl (C=O) groups is 2. The fraction of sp³-hybridized carbons (Fsp3) is 0.833. The summed E-state index contributed by atoms with van der Waals surface area (Å²) in [6.45, 7) is 0.364. The van der Waals surface area contributed by atoms with Crippen molar-refractivity contribution in [1.82, 2.24) is 5.32 Å². The molecule has 9 heteroatoms. The van der Waals surface area contributed by atoms with Crippen molar-refractivity contribution in [1.29, 1.82) is 0 Å². The molecule has 1 saturated carbocycles. The standard InChI is InChI=1S/C12H21NO8/c1-5(15)13-9-6(10(18)8(17)4-14)2-12(21,11(19)20)3-7(9)16/h6-10,14,16-18,21H,2-4H2,1H3,(H,13,15)(H,19,20)/p-1/t6-,7+,8-,9-,10+,12-/m1/s1. The first-order chi connectivity index (χ1) is 9.62. The van der Waals surface area contributed by atoms with Gasteiger partial charge in [0, 0.05) is 19.3 Å². The van der Waals surface area contributed by atoms with Crippen molar-refractivity contribution in [2.24, 2.45) is 5.92 Å². The lowest BCUT2D eigenvalue weighted by Gasteiger charge is -2.46. The summed E-state index contributed by atoms with van der Waals surface area (Å²) < 4.78 is 0. The van der Waals surface area contributed by atoms with Crippen LogP contribution in [0.1, 0.15) is 19.8 Å². The summed E-state index contributed by atoms with van der Waals surface area (Å²) in [6, 6.07) is -1.07. The van der Waals surface area contributed by atoms with Crippen LogP contribution in [0, 0.1) is 5.92 Å². The van der Waals surface area contributed by atoms with E-state index in [0.29, 0.717) is 0 Å². The van der Waals surface area contributed by atoms with Crippen LogP contribution >= 0.6 is 0 Å². The highest BCUT2D eigenvalue weighted by atomic mass is 16.4. The topological polar surface area (TPSA) is 170 Å². The van der Waals surface area contributed by atoms with Gasteiger partial charge in [-0.3, -0.25) is 4.79 Å². The Balaban J connectivity index is 3.07. The Morgan fingerprint density at radius 3 is 2.38 bits per heavy atom. The first-order valence-electron chi connectivity index (χ1n) is 6.48. The summed E-state index contributed by atoms with van der Waals surface area (Å²) in [5.41, 5.74) is -2.39. The Labute approximate surface area is 120 Å². The van der Waals surface area contributed by atoms with Gasteiger partial charge < -0.3 is 40.8 Å². The largest absolute Gasteiger partial charge is 0.547 e. The molecule has 0 heterocycles. The van der Waals surface area contributed by atoms with E-state index < -0.39 is 67.2 Å². The number of nitrogens with one attached hydrogen (secondary N) is 1. The Hall–Kier alpha value is -1.26. The number of aliphatic carboxylic acids is 1. The van der Waals surface area contributed by atoms with E-state index in [2.05, 4.69) is 5.32 Å². The van der Waals surface area contributed by atoms with E-state index in [-0.39, 0.29) is 0 Å². The van der Waals surface area contributed by atoms with E-state index in [0.717, 1.165) is 6.92 Å². The summed E-state index contributed by atoms with van der Waals surface area (Å²) in [5.74, 6) is -3.53. The first kappa shape index (κ1) is 17.8. The van der Waals surface area contributed by atoms with Crippen molar-refractivity contribution in [3.63, 3.8) is 0 Å². The first-order valence-corrected chi connectivity index (χ1v) is 6.48. The van der Waals surface area contributed by atoms with Crippen molar-refractivity contribution < 1.29 is 40.2 Å². The molecule has 1 aliphatic carbocycles. The van der Waals surface area contributed by atoms with E-state index in [1.807, 2.05) is 0 Å². The number of aliphatic hydroxyl groups excluding tert-OH is 4. The van der Waals surface area contributed by atoms with Crippen LogP contribution in [0.25, 0.3) is 0 Å². The molecule has 6 N–H and O–H groups in total. The molecule has 21 heavy (non-hydrogen) atoms. The second-order valence-electron chi connectivity index (χ2n) is 5.43. The van der Waals surface area contributed by atoms with Gasteiger partial charge in [-0.1, -0.05) is 0 Å². The van der Waals surface area contributed by atoms with Gasteiger partial charge in [-0.25, -0.2) is 0 Å². The third-order valence-electron chi connectivity index (χ3n) is 3.77. The van der Waals surface area contributed by atoms with Gasteiger partial charge >= 0.3 is 0 Å². The van der Waals surface area contributed by atoms with E-state index in [9.17, 15) is 35.1 Å². The maximum atomic E-state index is 11.2. The average Bonchev–Trinajstić information content (AvgIpc) is 2.39. The van der Waals surface area contributed by atoms with E-state index >= 15 is 0 Å². The Morgan fingerprint density at radius 2 is 1.95 bits per heavy atom. The third-order valence-corrected chi connectivity index (χ3v) is 3.77. The highest BCUT2D eigenvalue weighted by Gasteiger charge is 2.49. The van der Waals surface area contributed by atoms with E-state index in [4.69, 9.17) is 5.11 Å². The normalized spacial score (nSPS) is 35.8. The summed E-state index contributed by atoms with van der Waals surface area (Å²) >= 11 is 0. The zero-order valence-corrected chi connectivity index (χ0v) is 11.5. The predicted octanol–water partition coefficient (Wildman–Crippen LogP) is -4.54. The van der Waals surface area contributed by atoms with Gasteiger partial charge in [0.2, 0.25) is 5.91 Å². The minimum absolute atomic E-state index is 0.534. The molecule has 1 amide bonds. The summed E-state index contributed by atoms with van der Waals surface area (Å²) in [4.78, 5) is 22.2. The summed E-state index contributed by atoms with van der Waals surface area (Å²) in [7, 11) is 0. The number of hydrogen-bond donors (Lipinski definition) is 6. The van der Waals surface area contributed by atoms with Gasteiger partial charge in [0.25, 0.3) is 0 Å². The SMILES string of the molecule is CC(=O)N[C@@H]1[C@H]([C@H](O)[C@H](O)CO)C[C@](O)(C(=O)[O-])C[C@@H]1O. The molecule has 1 aliphatic rings. The summed E-state index contributed by atoms with van der Waals surface area (Å²) in [6.07, 6.45) is -5.85. The zero-order chi connectivity index (χ0) is 16.4. The minimum Gasteiger partial charge on any atom is -0.547 e. The van der Waals surface area contributed by atoms with Crippen molar-refractivity contribution in [3.8, 4) is 0 Å². The second kappa shape index (κ2) is 6.67. The monoisotopic (exact) mass is 306 g/mol. The number of aliphatic hydroxyl groups is 5. The molecule has 1 rings (SSSR count). The van der Waals surface area contributed by atoms with E-state index in [1.54, 1.807) is 0 Å². The number of amides is 1. The second-order valence-corrected chi connectivity index (χ2v) is 5.43. The van der Waals surface area contributed by atoms with Crippen LogP contribution in [-0.2, 0) is 9.59 Å². The fourth-order valence-electron chi connectivity index (χ4n) is 2.69. The molecule has 0 aromatic rings. The molecular weight excluding hydrogens is 286 g/mol. The van der Waals surface area contributed by atoms with Gasteiger partial charge in [-0.15, -0.1) is 0 Å². The predicted molar refractivity (Wildman–Crippen MR) is 65.4 cm³/mol. The Morgan fingerprint density at radius 1 is 1.38 bits per heavy atom. The smallest absolute Gasteiger partial charge is 0.217 e. The highest BCUT2D eigenvalue weighted by molar-refractivity contribution is 5.76. The van der Waals surface area contributed by atoms with Crippen molar-refractivity contribution in [2.45, 2.75) is 49.7 Å². The maximum Gasteiger partial charge on any atom is 0.217 e. The van der Waals surface area contributed by atoms with Crippen LogP contribution < -0.4 is 10.4 Å². The molecule has 0 aromatic carbocycles. The summed E-state index contributed by atoms with van der Waals surface area (Å²) in [5, 5.41) is 61.6. The van der Waals surface area contributed by atoms with Gasteiger partial charge in [0.1, 0.15) is 11.7 Å². The number of rotatable bonds is 5. The Kier molecular flexibility index (Phi) is 5.65. The van der Waals surface area contributed by atoms with Gasteiger partial charge in [-0.2, -0.15) is 0 Å². The molecule has 0 bridgehead atoms. The lowest BCUT2D eigenvalue weighted by molar-refractivity contribution is -0.330. The van der Waals surface area contributed by atoms with Gasteiger partial charge in [0.15, 0.2) is 0 Å². The van der Waals surface area contributed by atoms with Crippen molar-refractivity contribution in [3.05, 3.63) is 0 Å². The number of carboxylic acid groups (broad SMARTS) is 1. The lowest BCUT2D eigenvalue weighted by atomic mass is 9.70. The molecule has 6 atom stereocenters. The molecule has 0 aliphatic heterocycles. The van der Waals surface area contributed by atoms with Crippen molar-refractivity contribution in [2.75, 3.05) is 6.61 Å². The third kappa shape index (κ3) is 3.89. The zero-order valence-electron chi connectivity index (χ0n) is 11.5. The van der Waals surface area contributed by atoms with Crippen molar-refractivity contribution >= 4 is 11.9 Å². The molecular formula is C12H20NO8-. The van der Waals surface area contributed by atoms with Gasteiger partial charge in [0.05, 0.1) is 30.8 Å². The van der Waals surface area contributed by atoms with Crippen LogP contribution in [0.4, 0.5) is 0 Å². The minimum atomic E-state index is -2.39. The van der Waals surface area contributed by atoms with Crippen LogP contribution in [0.2, 0.25) is 0 Å². The van der Waals surface area contributed by atoms with Crippen LogP contribution in [0.15, 0.2) is 0 Å². The molecule has 9 nitrogen and oxygen atoms in total. The number of carbonyl (C=O) groups excluding carboxylic acids is 2.